The van der Waals surface area contributed by atoms with Crippen LogP contribution in [0.5, 0.6) is 0 Å². The summed E-state index contributed by atoms with van der Waals surface area (Å²) in [6.07, 6.45) is 2.37. The lowest BCUT2D eigenvalue weighted by atomic mass is 9.77. The Morgan fingerprint density at radius 3 is 1.90 bits per heavy atom. The Morgan fingerprint density at radius 1 is 0.950 bits per heavy atom. The lowest BCUT2D eigenvalue weighted by Crippen LogP contribution is -2.33. The standard InChI is InChI=1S/C19H33N/c1-8-13-20-15(2)14-19(6,7)17-11-9-16(10-12-17)18(3,4)5/h9-12,15,20H,8,13-14H2,1-7H3. The number of hydrogen-bond acceptors (Lipinski definition) is 1. The van der Waals surface area contributed by atoms with E-state index in [1.165, 1.54) is 24.0 Å². The fourth-order valence-corrected chi connectivity index (χ4v) is 2.77. The van der Waals surface area contributed by atoms with E-state index in [9.17, 15) is 0 Å². The number of benzene rings is 1. The van der Waals surface area contributed by atoms with Crippen LogP contribution in [-0.2, 0) is 10.8 Å². The summed E-state index contributed by atoms with van der Waals surface area (Å²) in [6.45, 7) is 17.1. The molecule has 1 atom stereocenters. The molecule has 0 aliphatic carbocycles. The summed E-state index contributed by atoms with van der Waals surface area (Å²) in [7, 11) is 0. The van der Waals surface area contributed by atoms with Crippen molar-refractivity contribution in [1.82, 2.24) is 5.32 Å². The molecule has 1 aromatic carbocycles. The molecule has 1 N–H and O–H groups in total. The van der Waals surface area contributed by atoms with E-state index in [2.05, 4.69) is 78.0 Å². The maximum Gasteiger partial charge on any atom is 0.00470 e. The molecular weight excluding hydrogens is 242 g/mol. The molecule has 0 spiro atoms. The van der Waals surface area contributed by atoms with E-state index in [1.807, 2.05) is 0 Å². The van der Waals surface area contributed by atoms with Crippen molar-refractivity contribution in [1.29, 1.82) is 0 Å². The first-order valence-corrected chi connectivity index (χ1v) is 8.01. The number of nitrogens with one attached hydrogen (secondary N) is 1. The lowest BCUT2D eigenvalue weighted by Gasteiger charge is -2.30. The Kier molecular flexibility index (Phi) is 5.82. The molecule has 1 heteroatoms. The van der Waals surface area contributed by atoms with Crippen LogP contribution >= 0.6 is 0 Å². The van der Waals surface area contributed by atoms with Crippen molar-refractivity contribution in [2.24, 2.45) is 0 Å². The second kappa shape index (κ2) is 6.76. The van der Waals surface area contributed by atoms with Crippen LogP contribution in [0.4, 0.5) is 0 Å². The smallest absolute Gasteiger partial charge is 0.00470 e. The lowest BCUT2D eigenvalue weighted by molar-refractivity contribution is 0.389. The molecule has 1 nitrogen and oxygen atoms in total. The zero-order valence-electron chi connectivity index (χ0n) is 14.5. The average Bonchev–Trinajstić information content (AvgIpc) is 2.35. The first kappa shape index (κ1) is 17.2. The molecule has 0 bridgehead atoms. The summed E-state index contributed by atoms with van der Waals surface area (Å²) < 4.78 is 0. The van der Waals surface area contributed by atoms with Crippen LogP contribution in [0.25, 0.3) is 0 Å². The minimum atomic E-state index is 0.219. The van der Waals surface area contributed by atoms with Gasteiger partial charge in [0.1, 0.15) is 0 Å². The molecular formula is C19H33N. The summed E-state index contributed by atoms with van der Waals surface area (Å²) in [5.41, 5.74) is 3.31. The van der Waals surface area contributed by atoms with Crippen molar-refractivity contribution in [3.63, 3.8) is 0 Å². The third-order valence-electron chi connectivity index (χ3n) is 4.09. The first-order valence-electron chi connectivity index (χ1n) is 8.01. The second-order valence-corrected chi connectivity index (χ2v) is 7.77. The Bertz CT molecular complexity index is 395. The molecule has 0 saturated carbocycles. The van der Waals surface area contributed by atoms with Gasteiger partial charge < -0.3 is 5.32 Å². The van der Waals surface area contributed by atoms with Crippen molar-refractivity contribution in [3.8, 4) is 0 Å². The van der Waals surface area contributed by atoms with Gasteiger partial charge in [0.25, 0.3) is 0 Å². The highest BCUT2D eigenvalue weighted by molar-refractivity contribution is 5.31. The quantitative estimate of drug-likeness (QED) is 0.767. The van der Waals surface area contributed by atoms with Crippen LogP contribution in [0.2, 0.25) is 0 Å². The van der Waals surface area contributed by atoms with Gasteiger partial charge in [-0.2, -0.15) is 0 Å². The van der Waals surface area contributed by atoms with Gasteiger partial charge in [0, 0.05) is 6.04 Å². The molecule has 0 radical (unpaired) electrons. The number of rotatable bonds is 6. The van der Waals surface area contributed by atoms with E-state index in [1.54, 1.807) is 0 Å². The molecule has 20 heavy (non-hydrogen) atoms. The van der Waals surface area contributed by atoms with E-state index in [-0.39, 0.29) is 10.8 Å². The highest BCUT2D eigenvalue weighted by atomic mass is 14.9. The van der Waals surface area contributed by atoms with Gasteiger partial charge >= 0.3 is 0 Å². The predicted octanol–water partition coefficient (Wildman–Crippen LogP) is 5.04. The molecule has 0 aliphatic heterocycles. The number of hydrogen-bond donors (Lipinski definition) is 1. The topological polar surface area (TPSA) is 12.0 Å². The summed E-state index contributed by atoms with van der Waals surface area (Å²) in [5.74, 6) is 0. The molecule has 0 fully saturated rings. The SMILES string of the molecule is CCCNC(C)CC(C)(C)c1ccc(C(C)(C)C)cc1. The largest absolute Gasteiger partial charge is 0.314 e. The van der Waals surface area contributed by atoms with Crippen molar-refractivity contribution >= 4 is 0 Å². The van der Waals surface area contributed by atoms with Gasteiger partial charge in [-0.3, -0.25) is 0 Å². The Hall–Kier alpha value is -0.820. The van der Waals surface area contributed by atoms with Gasteiger partial charge in [-0.1, -0.05) is 65.8 Å². The second-order valence-electron chi connectivity index (χ2n) is 7.77. The molecule has 1 aromatic rings. The van der Waals surface area contributed by atoms with Crippen molar-refractivity contribution in [2.45, 2.75) is 78.2 Å². The monoisotopic (exact) mass is 275 g/mol. The maximum atomic E-state index is 3.59. The van der Waals surface area contributed by atoms with Gasteiger partial charge in [-0.25, -0.2) is 0 Å². The minimum Gasteiger partial charge on any atom is -0.314 e. The van der Waals surface area contributed by atoms with E-state index in [0.29, 0.717) is 6.04 Å². The molecule has 0 aliphatic rings. The van der Waals surface area contributed by atoms with Gasteiger partial charge in [0.15, 0.2) is 0 Å². The average molecular weight is 275 g/mol. The van der Waals surface area contributed by atoms with E-state index in [4.69, 9.17) is 0 Å². The highest BCUT2D eigenvalue weighted by Gasteiger charge is 2.24. The first-order chi connectivity index (χ1) is 9.16. The van der Waals surface area contributed by atoms with Gasteiger partial charge in [0.05, 0.1) is 0 Å². The van der Waals surface area contributed by atoms with Gasteiger partial charge in [0.2, 0.25) is 0 Å². The van der Waals surface area contributed by atoms with Gasteiger partial charge in [-0.15, -0.1) is 0 Å². The molecule has 1 rings (SSSR count). The summed E-state index contributed by atoms with van der Waals surface area (Å²) in [4.78, 5) is 0. The third-order valence-corrected chi connectivity index (χ3v) is 4.09. The Morgan fingerprint density at radius 2 is 1.45 bits per heavy atom. The van der Waals surface area contributed by atoms with Crippen LogP contribution in [0.3, 0.4) is 0 Å². The fourth-order valence-electron chi connectivity index (χ4n) is 2.77. The molecule has 0 saturated heterocycles. The molecule has 0 heterocycles. The Labute approximate surface area is 126 Å². The van der Waals surface area contributed by atoms with Gasteiger partial charge in [-0.05, 0) is 48.3 Å². The molecule has 0 amide bonds. The normalized spacial score (nSPS) is 14.3. The minimum absolute atomic E-state index is 0.219. The summed E-state index contributed by atoms with van der Waals surface area (Å²) >= 11 is 0. The van der Waals surface area contributed by atoms with Crippen LogP contribution < -0.4 is 5.32 Å². The van der Waals surface area contributed by atoms with Crippen LogP contribution in [-0.4, -0.2) is 12.6 Å². The van der Waals surface area contributed by atoms with Crippen molar-refractivity contribution < 1.29 is 0 Å². The molecule has 114 valence electrons. The van der Waals surface area contributed by atoms with Crippen LogP contribution in [0.1, 0.15) is 72.4 Å². The predicted molar refractivity (Wildman–Crippen MR) is 90.5 cm³/mol. The van der Waals surface area contributed by atoms with E-state index < -0.39 is 0 Å². The highest BCUT2D eigenvalue weighted by Crippen LogP contribution is 2.30. The third kappa shape index (κ3) is 4.94. The van der Waals surface area contributed by atoms with Crippen LogP contribution in [0.15, 0.2) is 24.3 Å². The Balaban J connectivity index is 2.77. The van der Waals surface area contributed by atoms with E-state index >= 15 is 0 Å². The zero-order chi connectivity index (χ0) is 15.4. The van der Waals surface area contributed by atoms with E-state index in [0.717, 1.165) is 6.54 Å². The zero-order valence-corrected chi connectivity index (χ0v) is 14.5. The fraction of sp³-hybridized carbons (Fsp3) is 0.684. The summed E-state index contributed by atoms with van der Waals surface area (Å²) in [6, 6.07) is 9.77. The molecule has 1 unspecified atom stereocenters. The summed E-state index contributed by atoms with van der Waals surface area (Å²) in [5, 5.41) is 3.59. The van der Waals surface area contributed by atoms with Crippen LogP contribution in [0, 0.1) is 0 Å². The maximum absolute atomic E-state index is 3.59. The van der Waals surface area contributed by atoms with Crippen molar-refractivity contribution in [3.05, 3.63) is 35.4 Å². The van der Waals surface area contributed by atoms with Crippen molar-refractivity contribution in [2.75, 3.05) is 6.54 Å². The molecule has 0 aromatic heterocycles.